The van der Waals surface area contributed by atoms with Crippen molar-refractivity contribution in [1.29, 1.82) is 0 Å². The van der Waals surface area contributed by atoms with Crippen LogP contribution < -0.4 is 14.9 Å². The highest BCUT2D eigenvalue weighted by atomic mass is 16.7. The number of benzene rings is 2. The molecular formula is C30H30O13. The molecule has 5 atom stereocenters. The quantitative estimate of drug-likeness (QED) is 0.261. The SMILES string of the molecule is COc1ccc(-c2coc3cc(O[C@@H]4O[C@H](COC(C)=O)[C@H](OC(C)=O)[C@H](OC(C)=O)[C@@H]4OC(C)=O)ccc3c2=O)cc1. The molecule has 0 saturated carbocycles. The van der Waals surface area contributed by atoms with Gasteiger partial charge >= 0.3 is 23.9 Å². The molecule has 0 unspecified atom stereocenters. The Hall–Kier alpha value is -4.91. The van der Waals surface area contributed by atoms with E-state index in [2.05, 4.69) is 0 Å². The lowest BCUT2D eigenvalue weighted by molar-refractivity contribution is -0.288. The van der Waals surface area contributed by atoms with Gasteiger partial charge in [0.05, 0.1) is 18.1 Å². The first kappa shape index (κ1) is 31.0. The highest BCUT2D eigenvalue weighted by molar-refractivity contribution is 5.82. The van der Waals surface area contributed by atoms with E-state index in [0.717, 1.165) is 20.8 Å². The molecule has 1 fully saturated rings. The summed E-state index contributed by atoms with van der Waals surface area (Å²) < 4.78 is 44.2. The molecule has 0 aliphatic carbocycles. The van der Waals surface area contributed by atoms with Gasteiger partial charge in [-0.2, -0.15) is 0 Å². The average Bonchev–Trinajstić information content (AvgIpc) is 2.94. The molecule has 0 amide bonds. The van der Waals surface area contributed by atoms with Crippen molar-refractivity contribution in [2.45, 2.75) is 58.4 Å². The third kappa shape index (κ3) is 7.49. The van der Waals surface area contributed by atoms with E-state index in [-0.39, 0.29) is 22.1 Å². The smallest absolute Gasteiger partial charge is 0.303 e. The summed E-state index contributed by atoms with van der Waals surface area (Å²) in [6.45, 7) is 4.14. The summed E-state index contributed by atoms with van der Waals surface area (Å²) in [6.07, 6.45) is -5.43. The monoisotopic (exact) mass is 598 g/mol. The topological polar surface area (TPSA) is 163 Å². The van der Waals surface area contributed by atoms with E-state index < -0.39 is 61.2 Å². The Balaban J connectivity index is 1.69. The van der Waals surface area contributed by atoms with E-state index in [1.54, 1.807) is 31.4 Å². The lowest BCUT2D eigenvalue weighted by Crippen LogP contribution is -2.63. The molecule has 1 aliphatic heterocycles. The van der Waals surface area contributed by atoms with E-state index in [1.807, 2.05) is 0 Å². The maximum atomic E-state index is 13.3. The molecule has 3 aromatic rings. The average molecular weight is 599 g/mol. The third-order valence-electron chi connectivity index (χ3n) is 6.35. The number of fused-ring (bicyclic) bond motifs is 1. The van der Waals surface area contributed by atoms with E-state index in [4.69, 9.17) is 37.6 Å². The Morgan fingerprint density at radius 1 is 0.767 bits per heavy atom. The van der Waals surface area contributed by atoms with Crippen molar-refractivity contribution < 1.29 is 56.8 Å². The fourth-order valence-electron chi connectivity index (χ4n) is 4.57. The molecule has 1 saturated heterocycles. The first-order valence-electron chi connectivity index (χ1n) is 13.1. The molecule has 1 aromatic heterocycles. The molecule has 1 aliphatic rings. The number of rotatable bonds is 9. The minimum atomic E-state index is -1.44. The summed E-state index contributed by atoms with van der Waals surface area (Å²) in [5.41, 5.74) is 0.869. The molecule has 4 rings (SSSR count). The van der Waals surface area contributed by atoms with Crippen molar-refractivity contribution in [3.05, 3.63) is 59.0 Å². The Morgan fingerprint density at radius 3 is 1.98 bits per heavy atom. The second kappa shape index (κ2) is 13.4. The number of carbonyl (C=O) groups excluding carboxylic acids is 4. The second-order valence-corrected chi connectivity index (χ2v) is 9.55. The van der Waals surface area contributed by atoms with Gasteiger partial charge in [0.15, 0.2) is 17.6 Å². The van der Waals surface area contributed by atoms with Gasteiger partial charge < -0.3 is 37.6 Å². The van der Waals surface area contributed by atoms with Crippen LogP contribution in [0, 0.1) is 0 Å². The molecular weight excluding hydrogens is 568 g/mol. The van der Waals surface area contributed by atoms with Gasteiger partial charge in [-0.05, 0) is 29.8 Å². The van der Waals surface area contributed by atoms with Crippen molar-refractivity contribution in [3.8, 4) is 22.6 Å². The zero-order chi connectivity index (χ0) is 31.3. The maximum absolute atomic E-state index is 13.3. The van der Waals surface area contributed by atoms with E-state index in [9.17, 15) is 24.0 Å². The van der Waals surface area contributed by atoms with Crippen LogP contribution in [0.1, 0.15) is 27.7 Å². The Labute approximate surface area is 245 Å². The van der Waals surface area contributed by atoms with Crippen LogP contribution >= 0.6 is 0 Å². The highest BCUT2D eigenvalue weighted by Gasteiger charge is 2.53. The molecule has 0 radical (unpaired) electrons. The summed E-state index contributed by atoms with van der Waals surface area (Å²) in [5.74, 6) is -2.17. The number of hydrogen-bond donors (Lipinski definition) is 0. The number of methoxy groups -OCH3 is 1. The minimum Gasteiger partial charge on any atom is -0.497 e. The van der Waals surface area contributed by atoms with Crippen LogP contribution in [0.2, 0.25) is 0 Å². The van der Waals surface area contributed by atoms with E-state index >= 15 is 0 Å². The predicted molar refractivity (Wildman–Crippen MR) is 147 cm³/mol. The van der Waals surface area contributed by atoms with Crippen LogP contribution in [0.3, 0.4) is 0 Å². The standard InChI is InChI=1S/C30H30O13/c1-15(31)37-14-25-27(39-16(2)32)28(40-17(3)33)29(41-18(4)34)30(43-25)42-21-10-11-22-24(12-21)38-13-23(26(22)35)19-6-8-20(36-5)9-7-19/h6-13,25,27-30H,14H2,1-5H3/t25-,27+,28+,29+,30-/m1/s1. The third-order valence-corrected chi connectivity index (χ3v) is 6.35. The summed E-state index contributed by atoms with van der Waals surface area (Å²) in [5, 5.41) is 0.266. The van der Waals surface area contributed by atoms with Crippen LogP contribution in [0.25, 0.3) is 22.1 Å². The highest BCUT2D eigenvalue weighted by Crippen LogP contribution is 2.32. The van der Waals surface area contributed by atoms with Crippen molar-refractivity contribution >= 4 is 34.8 Å². The van der Waals surface area contributed by atoms with Gasteiger partial charge in [0.1, 0.15) is 36.1 Å². The van der Waals surface area contributed by atoms with Crippen LogP contribution in [-0.2, 0) is 42.9 Å². The zero-order valence-corrected chi connectivity index (χ0v) is 24.0. The fourth-order valence-corrected chi connectivity index (χ4v) is 4.57. The lowest BCUT2D eigenvalue weighted by atomic mass is 9.98. The molecule has 2 heterocycles. The van der Waals surface area contributed by atoms with Crippen molar-refractivity contribution in [2.75, 3.05) is 13.7 Å². The fraction of sp³-hybridized carbons (Fsp3) is 0.367. The molecule has 0 N–H and O–H groups in total. The van der Waals surface area contributed by atoms with Crippen molar-refractivity contribution in [3.63, 3.8) is 0 Å². The second-order valence-electron chi connectivity index (χ2n) is 9.55. The first-order valence-corrected chi connectivity index (χ1v) is 13.1. The normalized spacial score (nSPS) is 21.4. The summed E-state index contributed by atoms with van der Waals surface area (Å²) >= 11 is 0. The van der Waals surface area contributed by atoms with E-state index in [0.29, 0.717) is 16.9 Å². The Bertz CT molecular complexity index is 1560. The Kier molecular flexibility index (Phi) is 9.66. The van der Waals surface area contributed by atoms with Crippen LogP contribution in [0.5, 0.6) is 11.5 Å². The number of carbonyl (C=O) groups is 4. The van der Waals surface area contributed by atoms with Gasteiger partial charge in [-0.25, -0.2) is 0 Å². The van der Waals surface area contributed by atoms with Gasteiger partial charge in [-0.1, -0.05) is 12.1 Å². The molecule has 2 aromatic carbocycles. The van der Waals surface area contributed by atoms with Crippen LogP contribution in [0.4, 0.5) is 0 Å². The summed E-state index contributed by atoms with van der Waals surface area (Å²) in [4.78, 5) is 60.8. The van der Waals surface area contributed by atoms with Crippen LogP contribution in [-0.4, -0.2) is 68.3 Å². The summed E-state index contributed by atoms with van der Waals surface area (Å²) in [7, 11) is 1.54. The molecule has 228 valence electrons. The molecule has 0 spiro atoms. The van der Waals surface area contributed by atoms with Gasteiger partial charge in [0, 0.05) is 33.8 Å². The molecule has 13 heteroatoms. The number of ether oxygens (including phenoxy) is 7. The van der Waals surface area contributed by atoms with Crippen molar-refractivity contribution in [1.82, 2.24) is 0 Å². The van der Waals surface area contributed by atoms with Gasteiger partial charge in [-0.15, -0.1) is 0 Å². The minimum absolute atomic E-state index is 0.133. The van der Waals surface area contributed by atoms with E-state index in [1.165, 1.54) is 31.4 Å². The van der Waals surface area contributed by atoms with Crippen LogP contribution in [0.15, 0.2) is 57.9 Å². The summed E-state index contributed by atoms with van der Waals surface area (Å²) in [6, 6.07) is 11.3. The van der Waals surface area contributed by atoms with Gasteiger partial charge in [0.2, 0.25) is 12.4 Å². The van der Waals surface area contributed by atoms with Crippen molar-refractivity contribution in [2.24, 2.45) is 0 Å². The largest absolute Gasteiger partial charge is 0.497 e. The Morgan fingerprint density at radius 2 is 1.37 bits per heavy atom. The van der Waals surface area contributed by atoms with Gasteiger partial charge in [0.25, 0.3) is 0 Å². The lowest BCUT2D eigenvalue weighted by Gasteiger charge is -2.43. The zero-order valence-electron chi connectivity index (χ0n) is 24.0. The maximum Gasteiger partial charge on any atom is 0.303 e. The molecule has 13 nitrogen and oxygen atoms in total. The molecule has 0 bridgehead atoms. The number of hydrogen-bond acceptors (Lipinski definition) is 13. The first-order chi connectivity index (χ1) is 20.5. The molecule has 43 heavy (non-hydrogen) atoms. The predicted octanol–water partition coefficient (Wildman–Crippen LogP) is 2.93. The number of esters is 4. The van der Waals surface area contributed by atoms with Gasteiger partial charge in [-0.3, -0.25) is 24.0 Å².